The van der Waals surface area contributed by atoms with Gasteiger partial charge in [0.15, 0.2) is 0 Å². The van der Waals surface area contributed by atoms with Crippen molar-refractivity contribution in [3.63, 3.8) is 0 Å². The average Bonchev–Trinajstić information content (AvgIpc) is 2.15. The van der Waals surface area contributed by atoms with Crippen LogP contribution in [0.2, 0.25) is 0 Å². The molecule has 0 saturated carbocycles. The van der Waals surface area contributed by atoms with Gasteiger partial charge in [-0.15, -0.1) is 0 Å². The van der Waals surface area contributed by atoms with E-state index in [4.69, 9.17) is 0 Å². The number of aliphatic hydroxyl groups excluding tert-OH is 1. The third-order valence-corrected chi connectivity index (χ3v) is 2.57. The maximum Gasteiger partial charge on any atom is 0.0727 e. The third kappa shape index (κ3) is 2.32. The van der Waals surface area contributed by atoms with Gasteiger partial charge < -0.3 is 10.4 Å². The molecule has 0 bridgehead atoms. The van der Waals surface area contributed by atoms with Crippen LogP contribution in [0.15, 0.2) is 11.6 Å². The number of aliphatic hydroxyl groups is 1. The van der Waals surface area contributed by atoms with Crippen LogP contribution in [0.5, 0.6) is 0 Å². The van der Waals surface area contributed by atoms with Crippen LogP contribution in [0.3, 0.4) is 0 Å². The Labute approximate surface area is 74.7 Å². The van der Waals surface area contributed by atoms with Gasteiger partial charge in [0.1, 0.15) is 0 Å². The fourth-order valence-corrected chi connectivity index (χ4v) is 1.48. The van der Waals surface area contributed by atoms with Crippen LogP contribution in [-0.4, -0.2) is 23.8 Å². The molecule has 2 nitrogen and oxygen atoms in total. The summed E-state index contributed by atoms with van der Waals surface area (Å²) >= 11 is 0. The summed E-state index contributed by atoms with van der Waals surface area (Å²) in [4.78, 5) is 0. The van der Waals surface area contributed by atoms with Crippen LogP contribution in [0.4, 0.5) is 0 Å². The Morgan fingerprint density at radius 2 is 2.25 bits per heavy atom. The molecule has 0 aromatic heterocycles. The lowest BCUT2D eigenvalue weighted by atomic mass is 9.96. The summed E-state index contributed by atoms with van der Waals surface area (Å²) in [5.41, 5.74) is 1.37. The summed E-state index contributed by atoms with van der Waals surface area (Å²) in [7, 11) is 0. The monoisotopic (exact) mass is 169 g/mol. The number of rotatable bonds is 1. The summed E-state index contributed by atoms with van der Waals surface area (Å²) < 4.78 is 0. The molecule has 0 amide bonds. The fraction of sp³-hybridized carbons (Fsp3) is 0.800. The molecule has 0 spiro atoms. The molecule has 1 aliphatic heterocycles. The smallest absolute Gasteiger partial charge is 0.0727 e. The SMILES string of the molecule is CC(C)C1=CCN[C@H](C)[C@@H](O)C1. The second kappa shape index (κ2) is 4.06. The molecule has 1 aliphatic rings. The Morgan fingerprint density at radius 3 is 2.83 bits per heavy atom. The van der Waals surface area contributed by atoms with Crippen LogP contribution in [0.1, 0.15) is 27.2 Å². The normalized spacial score (nSPS) is 31.6. The molecule has 0 aromatic carbocycles. The first-order valence-electron chi connectivity index (χ1n) is 4.71. The van der Waals surface area contributed by atoms with Crippen molar-refractivity contribution in [3.05, 3.63) is 11.6 Å². The van der Waals surface area contributed by atoms with Crippen LogP contribution < -0.4 is 5.32 Å². The molecular formula is C10H19NO. The zero-order chi connectivity index (χ0) is 9.14. The maximum atomic E-state index is 9.67. The summed E-state index contributed by atoms with van der Waals surface area (Å²) in [6, 6.07) is 0.220. The lowest BCUT2D eigenvalue weighted by Crippen LogP contribution is -2.35. The lowest BCUT2D eigenvalue weighted by molar-refractivity contribution is 0.137. The predicted molar refractivity (Wildman–Crippen MR) is 51.0 cm³/mol. The minimum Gasteiger partial charge on any atom is -0.391 e. The van der Waals surface area contributed by atoms with Gasteiger partial charge in [-0.3, -0.25) is 0 Å². The molecule has 1 heterocycles. The van der Waals surface area contributed by atoms with Gasteiger partial charge in [-0.2, -0.15) is 0 Å². The lowest BCUT2D eigenvalue weighted by Gasteiger charge is -2.18. The first kappa shape index (κ1) is 9.75. The molecule has 70 valence electrons. The van der Waals surface area contributed by atoms with Gasteiger partial charge in [0.05, 0.1) is 6.10 Å². The largest absolute Gasteiger partial charge is 0.391 e. The fourth-order valence-electron chi connectivity index (χ4n) is 1.48. The minimum absolute atomic E-state index is 0.220. The van der Waals surface area contributed by atoms with E-state index in [9.17, 15) is 5.11 Å². The number of nitrogens with one attached hydrogen (secondary N) is 1. The molecule has 0 aromatic rings. The van der Waals surface area contributed by atoms with Gasteiger partial charge in [0.2, 0.25) is 0 Å². The van der Waals surface area contributed by atoms with E-state index in [0.29, 0.717) is 5.92 Å². The molecule has 1 rings (SSSR count). The highest BCUT2D eigenvalue weighted by Gasteiger charge is 2.19. The minimum atomic E-state index is -0.221. The molecular weight excluding hydrogens is 150 g/mol. The average molecular weight is 169 g/mol. The number of hydrogen-bond donors (Lipinski definition) is 2. The van der Waals surface area contributed by atoms with E-state index in [-0.39, 0.29) is 12.1 Å². The summed E-state index contributed by atoms with van der Waals surface area (Å²) in [6.07, 6.45) is 2.81. The zero-order valence-corrected chi connectivity index (χ0v) is 8.17. The van der Waals surface area contributed by atoms with Crippen molar-refractivity contribution >= 4 is 0 Å². The second-order valence-corrected chi connectivity index (χ2v) is 3.90. The van der Waals surface area contributed by atoms with Gasteiger partial charge in [0.25, 0.3) is 0 Å². The Kier molecular flexibility index (Phi) is 3.29. The molecule has 0 saturated heterocycles. The zero-order valence-electron chi connectivity index (χ0n) is 8.17. The molecule has 0 unspecified atom stereocenters. The highest BCUT2D eigenvalue weighted by molar-refractivity contribution is 5.10. The van der Waals surface area contributed by atoms with Crippen molar-refractivity contribution in [1.29, 1.82) is 0 Å². The molecule has 12 heavy (non-hydrogen) atoms. The molecule has 2 atom stereocenters. The number of hydrogen-bond acceptors (Lipinski definition) is 2. The van der Waals surface area contributed by atoms with E-state index in [2.05, 4.69) is 25.2 Å². The van der Waals surface area contributed by atoms with E-state index in [1.165, 1.54) is 5.57 Å². The Bertz CT molecular complexity index is 175. The predicted octanol–water partition coefficient (Wildman–Crippen LogP) is 1.31. The van der Waals surface area contributed by atoms with E-state index in [1.54, 1.807) is 0 Å². The highest BCUT2D eigenvalue weighted by atomic mass is 16.3. The van der Waals surface area contributed by atoms with Crippen molar-refractivity contribution in [2.45, 2.75) is 39.3 Å². The van der Waals surface area contributed by atoms with Crippen molar-refractivity contribution in [2.75, 3.05) is 6.54 Å². The Hall–Kier alpha value is -0.340. The highest BCUT2D eigenvalue weighted by Crippen LogP contribution is 2.19. The first-order valence-corrected chi connectivity index (χ1v) is 4.71. The maximum absolute atomic E-state index is 9.67. The van der Waals surface area contributed by atoms with E-state index < -0.39 is 0 Å². The van der Waals surface area contributed by atoms with Crippen LogP contribution in [0, 0.1) is 5.92 Å². The molecule has 2 heteroatoms. The van der Waals surface area contributed by atoms with Crippen molar-refractivity contribution in [1.82, 2.24) is 5.32 Å². The van der Waals surface area contributed by atoms with Crippen LogP contribution in [0.25, 0.3) is 0 Å². The van der Waals surface area contributed by atoms with Crippen LogP contribution in [-0.2, 0) is 0 Å². The van der Waals surface area contributed by atoms with E-state index in [0.717, 1.165) is 13.0 Å². The summed E-state index contributed by atoms with van der Waals surface area (Å²) in [5, 5.41) is 12.9. The standard InChI is InChI=1S/C10H19NO/c1-7(2)9-4-5-11-8(3)10(12)6-9/h4,7-8,10-12H,5-6H2,1-3H3/t8-,10+/m1/s1. The third-order valence-electron chi connectivity index (χ3n) is 2.57. The topological polar surface area (TPSA) is 32.3 Å². The van der Waals surface area contributed by atoms with Crippen molar-refractivity contribution in [3.8, 4) is 0 Å². The first-order chi connectivity index (χ1) is 5.61. The molecule has 0 aliphatic carbocycles. The van der Waals surface area contributed by atoms with Crippen molar-refractivity contribution in [2.24, 2.45) is 5.92 Å². The van der Waals surface area contributed by atoms with E-state index in [1.807, 2.05) is 6.92 Å². The van der Waals surface area contributed by atoms with E-state index >= 15 is 0 Å². The van der Waals surface area contributed by atoms with Crippen molar-refractivity contribution < 1.29 is 5.11 Å². The van der Waals surface area contributed by atoms with Gasteiger partial charge in [-0.05, 0) is 19.3 Å². The Balaban J connectivity index is 2.60. The molecule has 0 fully saturated rings. The second-order valence-electron chi connectivity index (χ2n) is 3.90. The Morgan fingerprint density at radius 1 is 1.58 bits per heavy atom. The molecule has 2 N–H and O–H groups in total. The quantitative estimate of drug-likeness (QED) is 0.580. The summed E-state index contributed by atoms with van der Waals surface area (Å²) in [6.45, 7) is 7.27. The van der Waals surface area contributed by atoms with Gasteiger partial charge >= 0.3 is 0 Å². The molecule has 0 radical (unpaired) electrons. The van der Waals surface area contributed by atoms with Gasteiger partial charge in [-0.25, -0.2) is 0 Å². The van der Waals surface area contributed by atoms with Gasteiger partial charge in [0, 0.05) is 12.6 Å². The summed E-state index contributed by atoms with van der Waals surface area (Å²) in [5.74, 6) is 0.562. The van der Waals surface area contributed by atoms with Crippen LogP contribution >= 0.6 is 0 Å². The van der Waals surface area contributed by atoms with Gasteiger partial charge in [-0.1, -0.05) is 25.5 Å².